The van der Waals surface area contributed by atoms with Gasteiger partial charge in [-0.25, -0.2) is 0 Å². The second-order valence-electron chi connectivity index (χ2n) is 6.18. The predicted molar refractivity (Wildman–Crippen MR) is 117 cm³/mol. The van der Waals surface area contributed by atoms with Crippen molar-refractivity contribution in [2.45, 2.75) is 44.6 Å². The highest BCUT2D eigenvalue weighted by atomic mass is 127. The summed E-state index contributed by atoms with van der Waals surface area (Å²) in [4.78, 5) is 4.25. The summed E-state index contributed by atoms with van der Waals surface area (Å²) in [6, 6.07) is 5.69. The van der Waals surface area contributed by atoms with E-state index < -0.39 is 0 Å². The second-order valence-corrected chi connectivity index (χ2v) is 6.18. The normalized spacial score (nSPS) is 15.1. The third-order valence-corrected chi connectivity index (χ3v) is 4.39. The number of hydrogen-bond acceptors (Lipinski definition) is 4. The van der Waals surface area contributed by atoms with Crippen LogP contribution in [0, 0.1) is 0 Å². The lowest BCUT2D eigenvalue weighted by molar-refractivity contribution is 0.0277. The molecule has 148 valence electrons. The Balaban J connectivity index is 0.00000338. The number of benzene rings is 1. The molecule has 0 aliphatic heterocycles. The molecule has 1 aromatic carbocycles. The summed E-state index contributed by atoms with van der Waals surface area (Å²) in [5, 5.41) is 6.57. The van der Waals surface area contributed by atoms with Crippen molar-refractivity contribution >= 4 is 35.6 Å². The van der Waals surface area contributed by atoms with Gasteiger partial charge in [0.1, 0.15) is 0 Å². The van der Waals surface area contributed by atoms with E-state index in [0.29, 0.717) is 17.6 Å². The van der Waals surface area contributed by atoms with E-state index in [1.165, 1.54) is 32.1 Å². The molecule has 6 nitrogen and oxygen atoms in total. The molecule has 0 saturated heterocycles. The van der Waals surface area contributed by atoms with Crippen LogP contribution in [0.5, 0.6) is 11.5 Å². The third kappa shape index (κ3) is 7.57. The van der Waals surface area contributed by atoms with Crippen molar-refractivity contribution in [2.24, 2.45) is 4.99 Å². The minimum absolute atomic E-state index is 0. The summed E-state index contributed by atoms with van der Waals surface area (Å²) in [6.45, 7) is 1.62. The van der Waals surface area contributed by atoms with Gasteiger partial charge in [0.15, 0.2) is 17.5 Å². The van der Waals surface area contributed by atoms with Gasteiger partial charge in [0, 0.05) is 32.0 Å². The minimum atomic E-state index is 0. The number of nitrogens with one attached hydrogen (secondary N) is 2. The van der Waals surface area contributed by atoms with E-state index in [1.807, 2.05) is 18.2 Å². The van der Waals surface area contributed by atoms with Gasteiger partial charge in [0.25, 0.3) is 0 Å². The highest BCUT2D eigenvalue weighted by Gasteiger charge is 2.13. The standard InChI is InChI=1S/C19H31N3O3.HI/c1-20-19(21-12-7-13-25-16-8-5-4-6-9-16)22-15-10-11-17(23-2)18(14-15)24-3;/h10-11,14,16H,4-9,12-13H2,1-3H3,(H2,20,21,22);1H. The van der Waals surface area contributed by atoms with Crippen molar-refractivity contribution < 1.29 is 14.2 Å². The molecule has 0 amide bonds. The summed E-state index contributed by atoms with van der Waals surface area (Å²) >= 11 is 0. The summed E-state index contributed by atoms with van der Waals surface area (Å²) in [5.41, 5.74) is 0.893. The molecule has 0 heterocycles. The van der Waals surface area contributed by atoms with Gasteiger partial charge in [-0.05, 0) is 31.4 Å². The zero-order chi connectivity index (χ0) is 17.9. The lowest BCUT2D eigenvalue weighted by Crippen LogP contribution is -2.32. The first-order chi connectivity index (χ1) is 12.3. The molecule has 1 aliphatic rings. The number of nitrogens with zero attached hydrogens (tertiary/aromatic N) is 1. The maximum absolute atomic E-state index is 5.94. The molecule has 1 saturated carbocycles. The van der Waals surface area contributed by atoms with Crippen LogP contribution in [0.15, 0.2) is 23.2 Å². The highest BCUT2D eigenvalue weighted by Crippen LogP contribution is 2.29. The number of aliphatic imine (C=N–C) groups is 1. The van der Waals surface area contributed by atoms with Gasteiger partial charge in [0.05, 0.1) is 20.3 Å². The van der Waals surface area contributed by atoms with Crippen LogP contribution in [0.1, 0.15) is 38.5 Å². The van der Waals surface area contributed by atoms with E-state index >= 15 is 0 Å². The van der Waals surface area contributed by atoms with E-state index in [4.69, 9.17) is 14.2 Å². The summed E-state index contributed by atoms with van der Waals surface area (Å²) in [7, 11) is 5.01. The van der Waals surface area contributed by atoms with Crippen molar-refractivity contribution in [1.82, 2.24) is 5.32 Å². The van der Waals surface area contributed by atoms with Gasteiger partial charge in [-0.3, -0.25) is 4.99 Å². The van der Waals surface area contributed by atoms with E-state index in [-0.39, 0.29) is 24.0 Å². The van der Waals surface area contributed by atoms with Crippen LogP contribution in [0.4, 0.5) is 5.69 Å². The van der Waals surface area contributed by atoms with Crippen molar-refractivity contribution in [3.05, 3.63) is 18.2 Å². The quantitative estimate of drug-likeness (QED) is 0.256. The molecular formula is C19H32IN3O3. The third-order valence-electron chi connectivity index (χ3n) is 4.39. The van der Waals surface area contributed by atoms with Crippen LogP contribution < -0.4 is 20.1 Å². The Labute approximate surface area is 174 Å². The second kappa shape index (κ2) is 13.0. The maximum Gasteiger partial charge on any atom is 0.195 e. The Kier molecular flexibility index (Phi) is 11.4. The average molecular weight is 477 g/mol. The number of rotatable bonds is 8. The fourth-order valence-corrected chi connectivity index (χ4v) is 2.99. The lowest BCUT2D eigenvalue weighted by Gasteiger charge is -2.22. The van der Waals surface area contributed by atoms with Gasteiger partial charge in [0.2, 0.25) is 0 Å². The minimum Gasteiger partial charge on any atom is -0.493 e. The monoisotopic (exact) mass is 477 g/mol. The Hall–Kier alpha value is -1.22. The number of methoxy groups -OCH3 is 2. The number of hydrogen-bond donors (Lipinski definition) is 2. The average Bonchev–Trinajstić information content (AvgIpc) is 2.67. The van der Waals surface area contributed by atoms with Gasteiger partial charge in [-0.15, -0.1) is 24.0 Å². The molecule has 7 heteroatoms. The molecule has 1 aliphatic carbocycles. The fraction of sp³-hybridized carbons (Fsp3) is 0.632. The number of halogens is 1. The van der Waals surface area contributed by atoms with Crippen molar-refractivity contribution in [1.29, 1.82) is 0 Å². The zero-order valence-electron chi connectivity index (χ0n) is 16.0. The molecule has 1 aromatic rings. The predicted octanol–water partition coefficient (Wildman–Crippen LogP) is 4.05. The molecule has 0 unspecified atom stereocenters. The molecule has 2 N–H and O–H groups in total. The largest absolute Gasteiger partial charge is 0.493 e. The van der Waals surface area contributed by atoms with Gasteiger partial charge >= 0.3 is 0 Å². The van der Waals surface area contributed by atoms with Crippen LogP contribution in [-0.4, -0.2) is 46.5 Å². The molecule has 1 fully saturated rings. The number of ether oxygens (including phenoxy) is 3. The van der Waals surface area contributed by atoms with E-state index in [2.05, 4.69) is 15.6 Å². The Bertz CT molecular complexity index is 549. The summed E-state index contributed by atoms with van der Waals surface area (Å²) in [6.07, 6.45) is 7.85. The highest BCUT2D eigenvalue weighted by molar-refractivity contribution is 14.0. The maximum atomic E-state index is 5.94. The van der Waals surface area contributed by atoms with Crippen LogP contribution in [-0.2, 0) is 4.74 Å². The summed E-state index contributed by atoms with van der Waals surface area (Å²) < 4.78 is 16.5. The van der Waals surface area contributed by atoms with Gasteiger partial charge in [-0.1, -0.05) is 19.3 Å². The van der Waals surface area contributed by atoms with E-state index in [9.17, 15) is 0 Å². The summed E-state index contributed by atoms with van der Waals surface area (Å²) in [5.74, 6) is 2.12. The van der Waals surface area contributed by atoms with E-state index in [1.54, 1.807) is 21.3 Å². The molecule has 0 bridgehead atoms. The van der Waals surface area contributed by atoms with E-state index in [0.717, 1.165) is 31.2 Å². The van der Waals surface area contributed by atoms with Crippen molar-refractivity contribution in [2.75, 3.05) is 39.7 Å². The topological polar surface area (TPSA) is 64.1 Å². The molecule has 2 rings (SSSR count). The van der Waals surface area contributed by atoms with Crippen molar-refractivity contribution in [3.8, 4) is 11.5 Å². The molecular weight excluding hydrogens is 445 g/mol. The van der Waals surface area contributed by atoms with Crippen LogP contribution in [0.2, 0.25) is 0 Å². The molecule has 0 radical (unpaired) electrons. The number of anilines is 1. The lowest BCUT2D eigenvalue weighted by atomic mass is 9.98. The SMILES string of the molecule is CN=C(NCCCOC1CCCCC1)Nc1ccc(OC)c(OC)c1.I. The van der Waals surface area contributed by atoms with Crippen LogP contribution in [0.3, 0.4) is 0 Å². The first-order valence-electron chi connectivity index (χ1n) is 9.08. The Morgan fingerprint density at radius 3 is 2.50 bits per heavy atom. The first-order valence-corrected chi connectivity index (χ1v) is 9.08. The smallest absolute Gasteiger partial charge is 0.195 e. The molecule has 26 heavy (non-hydrogen) atoms. The first kappa shape index (κ1) is 22.8. The van der Waals surface area contributed by atoms with Crippen molar-refractivity contribution in [3.63, 3.8) is 0 Å². The van der Waals surface area contributed by atoms with Crippen LogP contribution in [0.25, 0.3) is 0 Å². The molecule has 0 atom stereocenters. The molecule has 0 aromatic heterocycles. The van der Waals surface area contributed by atoms with Crippen LogP contribution >= 0.6 is 24.0 Å². The van der Waals surface area contributed by atoms with Gasteiger partial charge < -0.3 is 24.8 Å². The van der Waals surface area contributed by atoms with Gasteiger partial charge in [-0.2, -0.15) is 0 Å². The Morgan fingerprint density at radius 2 is 1.85 bits per heavy atom. The fourth-order valence-electron chi connectivity index (χ4n) is 2.99. The zero-order valence-corrected chi connectivity index (χ0v) is 18.4. The Morgan fingerprint density at radius 1 is 1.12 bits per heavy atom. The molecule has 0 spiro atoms. The number of guanidine groups is 1.